The number of fused-ring (bicyclic) bond motifs is 1. The lowest BCUT2D eigenvalue weighted by Gasteiger charge is -2.30. The van der Waals surface area contributed by atoms with Crippen LogP contribution >= 0.6 is 17.0 Å². The summed E-state index contributed by atoms with van der Waals surface area (Å²) in [6, 6.07) is 27.6. The molecule has 1 saturated heterocycles. The van der Waals surface area contributed by atoms with Crippen molar-refractivity contribution in [1.82, 2.24) is 5.01 Å². The number of halogens is 1. The molecule has 1 atom stereocenters. The standard InChI is InChI=1S/C27H29N2O.BrH/c1-21-10-12-24(13-11-21)26-20-27(30,29-19-7-3-6-18-28(26)29)25-16-14-23(15-17-25)22-8-4-2-5-9-22;/h2,4-5,8-17,30H,3,6-7,18-20H2,1H3;1H/q+1;. The lowest BCUT2D eigenvalue weighted by atomic mass is 9.92. The first-order valence-corrected chi connectivity index (χ1v) is 11.0. The van der Waals surface area contributed by atoms with E-state index in [4.69, 9.17) is 0 Å². The molecule has 2 aliphatic rings. The third kappa shape index (κ3) is 4.07. The van der Waals surface area contributed by atoms with Crippen molar-refractivity contribution in [1.29, 1.82) is 0 Å². The van der Waals surface area contributed by atoms with Crippen LogP contribution in [0.25, 0.3) is 11.1 Å². The van der Waals surface area contributed by atoms with E-state index in [9.17, 15) is 5.11 Å². The molecule has 31 heavy (non-hydrogen) atoms. The number of hydrogen-bond acceptors (Lipinski definition) is 2. The fourth-order valence-electron chi connectivity index (χ4n) is 4.83. The Kier molecular flexibility index (Phi) is 6.31. The van der Waals surface area contributed by atoms with Crippen LogP contribution in [0.4, 0.5) is 0 Å². The highest BCUT2D eigenvalue weighted by molar-refractivity contribution is 8.93. The minimum absolute atomic E-state index is 0. The predicted octanol–water partition coefficient (Wildman–Crippen LogP) is 5.69. The summed E-state index contributed by atoms with van der Waals surface area (Å²) in [5, 5.41) is 14.2. The van der Waals surface area contributed by atoms with Gasteiger partial charge in [-0.2, -0.15) is 0 Å². The first-order chi connectivity index (χ1) is 14.6. The van der Waals surface area contributed by atoms with Gasteiger partial charge in [-0.25, -0.2) is 0 Å². The molecule has 3 aromatic carbocycles. The second-order valence-corrected chi connectivity index (χ2v) is 8.56. The molecule has 0 aliphatic carbocycles. The molecular formula is C27H30BrN2O+. The van der Waals surface area contributed by atoms with Crippen molar-refractivity contribution in [2.24, 2.45) is 0 Å². The Bertz CT molecular complexity index is 1060. The van der Waals surface area contributed by atoms with Crippen LogP contribution in [0.5, 0.6) is 0 Å². The van der Waals surface area contributed by atoms with E-state index in [0.29, 0.717) is 6.42 Å². The maximum atomic E-state index is 12.0. The third-order valence-corrected chi connectivity index (χ3v) is 6.52. The summed E-state index contributed by atoms with van der Waals surface area (Å²) in [5.41, 5.74) is 6.05. The lowest BCUT2D eigenvalue weighted by molar-refractivity contribution is -0.706. The van der Waals surface area contributed by atoms with Gasteiger partial charge in [-0.3, -0.25) is 0 Å². The quantitative estimate of drug-likeness (QED) is 0.490. The number of hydrogen-bond donors (Lipinski definition) is 1. The van der Waals surface area contributed by atoms with E-state index in [1.54, 1.807) is 0 Å². The van der Waals surface area contributed by atoms with Crippen molar-refractivity contribution in [2.45, 2.75) is 38.3 Å². The minimum atomic E-state index is -1.00. The van der Waals surface area contributed by atoms with Crippen LogP contribution in [0, 0.1) is 6.92 Å². The van der Waals surface area contributed by atoms with Gasteiger partial charge in [-0.15, -0.1) is 26.7 Å². The van der Waals surface area contributed by atoms with Crippen LogP contribution in [0.2, 0.25) is 0 Å². The van der Waals surface area contributed by atoms with Crippen molar-refractivity contribution >= 4 is 22.7 Å². The van der Waals surface area contributed by atoms with Gasteiger partial charge in [0, 0.05) is 17.5 Å². The molecule has 3 nitrogen and oxygen atoms in total. The van der Waals surface area contributed by atoms with E-state index in [1.807, 2.05) is 6.07 Å². The zero-order chi connectivity index (χ0) is 20.6. The Morgan fingerprint density at radius 3 is 2.13 bits per heavy atom. The average Bonchev–Trinajstić information content (AvgIpc) is 2.94. The van der Waals surface area contributed by atoms with Crippen LogP contribution in [0.1, 0.15) is 42.4 Å². The summed E-state index contributed by atoms with van der Waals surface area (Å²) >= 11 is 0. The highest BCUT2D eigenvalue weighted by atomic mass is 79.9. The molecule has 1 N–H and O–H groups in total. The van der Waals surface area contributed by atoms with Crippen molar-refractivity contribution < 1.29 is 9.79 Å². The normalized spacial score (nSPS) is 20.8. The average molecular weight is 478 g/mol. The molecular weight excluding hydrogens is 448 g/mol. The van der Waals surface area contributed by atoms with Gasteiger partial charge in [-0.05, 0) is 43.0 Å². The van der Waals surface area contributed by atoms with E-state index in [0.717, 1.165) is 31.5 Å². The lowest BCUT2D eigenvalue weighted by Crippen LogP contribution is -2.46. The second kappa shape index (κ2) is 8.97. The van der Waals surface area contributed by atoms with Gasteiger partial charge in [0.05, 0.1) is 13.0 Å². The molecule has 2 heterocycles. The van der Waals surface area contributed by atoms with Gasteiger partial charge in [0.1, 0.15) is 0 Å². The Morgan fingerprint density at radius 1 is 0.774 bits per heavy atom. The number of aliphatic hydroxyl groups is 1. The summed E-state index contributed by atoms with van der Waals surface area (Å²) in [5.74, 6) is 0. The van der Waals surface area contributed by atoms with Gasteiger partial charge in [0.2, 0.25) is 11.4 Å². The van der Waals surface area contributed by atoms with E-state index < -0.39 is 5.72 Å². The van der Waals surface area contributed by atoms with Gasteiger partial charge in [0.25, 0.3) is 0 Å². The van der Waals surface area contributed by atoms with Crippen molar-refractivity contribution in [2.75, 3.05) is 13.1 Å². The van der Waals surface area contributed by atoms with E-state index in [2.05, 4.69) is 89.4 Å². The molecule has 1 unspecified atom stereocenters. The highest BCUT2D eigenvalue weighted by Gasteiger charge is 2.52. The molecule has 0 bridgehead atoms. The van der Waals surface area contributed by atoms with Crippen LogP contribution in [0.3, 0.4) is 0 Å². The zero-order valence-corrected chi connectivity index (χ0v) is 19.7. The van der Waals surface area contributed by atoms with Gasteiger partial charge >= 0.3 is 0 Å². The fraction of sp³-hybridized carbons (Fsp3) is 0.296. The Labute approximate surface area is 195 Å². The maximum absolute atomic E-state index is 12.0. The Balaban J connectivity index is 0.00000231. The van der Waals surface area contributed by atoms with E-state index in [1.165, 1.54) is 34.4 Å². The number of hydrazone groups is 1. The van der Waals surface area contributed by atoms with E-state index in [-0.39, 0.29) is 17.0 Å². The molecule has 3 aromatic rings. The molecule has 0 spiro atoms. The smallest absolute Gasteiger partial charge is 0.225 e. The summed E-state index contributed by atoms with van der Waals surface area (Å²) < 4.78 is 2.35. The van der Waals surface area contributed by atoms with Gasteiger partial charge in [0.15, 0.2) is 6.54 Å². The van der Waals surface area contributed by atoms with E-state index >= 15 is 0 Å². The first-order valence-electron chi connectivity index (χ1n) is 11.0. The topological polar surface area (TPSA) is 26.5 Å². The molecule has 160 valence electrons. The van der Waals surface area contributed by atoms with Crippen LogP contribution < -0.4 is 0 Å². The summed E-state index contributed by atoms with van der Waals surface area (Å²) in [6.07, 6.45) is 4.09. The molecule has 4 heteroatoms. The second-order valence-electron chi connectivity index (χ2n) is 8.56. The number of aryl methyl sites for hydroxylation is 1. The predicted molar refractivity (Wildman–Crippen MR) is 132 cm³/mol. The number of benzene rings is 3. The zero-order valence-electron chi connectivity index (χ0n) is 18.0. The summed E-state index contributed by atoms with van der Waals surface area (Å²) in [7, 11) is 0. The van der Waals surface area contributed by atoms with Gasteiger partial charge in [-0.1, -0.05) is 72.3 Å². The molecule has 0 amide bonds. The number of hydrazine groups is 1. The van der Waals surface area contributed by atoms with Crippen LogP contribution in [-0.4, -0.2) is 33.6 Å². The van der Waals surface area contributed by atoms with Crippen molar-refractivity contribution in [3.8, 4) is 11.1 Å². The molecule has 1 fully saturated rings. The van der Waals surface area contributed by atoms with Crippen molar-refractivity contribution in [3.63, 3.8) is 0 Å². The third-order valence-electron chi connectivity index (χ3n) is 6.52. The summed E-state index contributed by atoms with van der Waals surface area (Å²) in [4.78, 5) is 0. The van der Waals surface area contributed by atoms with Crippen LogP contribution in [0.15, 0.2) is 78.9 Å². The molecule has 5 rings (SSSR count). The number of nitrogens with zero attached hydrogens (tertiary/aromatic N) is 2. The largest absolute Gasteiger partial charge is 0.362 e. The summed E-state index contributed by atoms with van der Waals surface area (Å²) in [6.45, 7) is 3.96. The fourth-order valence-corrected chi connectivity index (χ4v) is 4.83. The van der Waals surface area contributed by atoms with Crippen molar-refractivity contribution in [3.05, 3.63) is 95.6 Å². The van der Waals surface area contributed by atoms with Gasteiger partial charge < -0.3 is 5.11 Å². The SMILES string of the molecule is Br.Cc1ccc(C2=[N+]3CCCCCN3C(O)(c3ccc(-c4ccccc4)cc3)C2)cc1. The van der Waals surface area contributed by atoms with Crippen LogP contribution in [-0.2, 0) is 5.72 Å². The number of rotatable bonds is 3. The monoisotopic (exact) mass is 477 g/mol. The first kappa shape index (κ1) is 21.8. The molecule has 0 radical (unpaired) electrons. The maximum Gasteiger partial charge on any atom is 0.225 e. The minimum Gasteiger partial charge on any atom is -0.362 e. The Morgan fingerprint density at radius 2 is 1.42 bits per heavy atom. The molecule has 0 saturated carbocycles. The highest BCUT2D eigenvalue weighted by Crippen LogP contribution is 2.38. The molecule has 0 aromatic heterocycles. The molecule has 2 aliphatic heterocycles. The Hall–Kier alpha value is -2.43.